The number of hydrogen-bond donors (Lipinski definition) is 2. The highest BCUT2D eigenvalue weighted by molar-refractivity contribution is 7.99. The number of hydrogen-bond acceptors (Lipinski definition) is 3. The molecule has 25 heavy (non-hydrogen) atoms. The lowest BCUT2D eigenvalue weighted by Gasteiger charge is -2.34. The Labute approximate surface area is 157 Å². The molecule has 6 heteroatoms. The molecule has 0 bridgehead atoms. The molecule has 1 heterocycles. The van der Waals surface area contributed by atoms with Crippen molar-refractivity contribution in [2.24, 2.45) is 0 Å². The number of benzene rings is 2. The van der Waals surface area contributed by atoms with E-state index in [1.54, 1.807) is 11.8 Å². The lowest BCUT2D eigenvalue weighted by molar-refractivity contribution is -0.903. The van der Waals surface area contributed by atoms with E-state index in [2.05, 4.69) is 4.90 Å². The van der Waals surface area contributed by atoms with Crippen molar-refractivity contribution < 1.29 is 14.4 Å². The van der Waals surface area contributed by atoms with Gasteiger partial charge < -0.3 is 14.9 Å². The van der Waals surface area contributed by atoms with Crippen LogP contribution >= 0.6 is 23.4 Å². The number of nitrogens with zero attached hydrogens (tertiary/aromatic N) is 1. The molecule has 0 saturated carbocycles. The monoisotopic (exact) mass is 381 g/mol. The van der Waals surface area contributed by atoms with Crippen molar-refractivity contribution in [1.29, 1.82) is 0 Å². The van der Waals surface area contributed by atoms with E-state index < -0.39 is 0 Å². The normalized spacial score (nSPS) is 16.8. The highest BCUT2D eigenvalue weighted by Crippen LogP contribution is 2.20. The fraction of sp³-hybridized carbons (Fsp3) is 0.368. The molecule has 3 nitrogen and oxygen atoms in total. The Balaban J connectivity index is 1.40. The molecule has 0 radical (unpaired) electrons. The number of rotatable bonds is 6. The Morgan fingerprint density at radius 1 is 1.08 bits per heavy atom. The number of thioether (sulfide) groups is 1. The molecule has 1 atom stereocenters. The third-order valence-electron chi connectivity index (χ3n) is 4.44. The Kier molecular flexibility index (Phi) is 6.59. The summed E-state index contributed by atoms with van der Waals surface area (Å²) in [7, 11) is 0. The molecule has 2 aromatic rings. The molecule has 0 spiro atoms. The van der Waals surface area contributed by atoms with E-state index in [1.165, 1.54) is 17.0 Å². The second kappa shape index (κ2) is 8.90. The quantitative estimate of drug-likeness (QED) is 0.752. The number of aliphatic hydroxyl groups is 1. The van der Waals surface area contributed by atoms with Gasteiger partial charge in [0.15, 0.2) is 0 Å². The van der Waals surface area contributed by atoms with E-state index in [-0.39, 0.29) is 11.9 Å². The number of piperazine rings is 1. The predicted octanol–water partition coefficient (Wildman–Crippen LogP) is 2.34. The zero-order valence-corrected chi connectivity index (χ0v) is 15.6. The van der Waals surface area contributed by atoms with Crippen molar-refractivity contribution in [1.82, 2.24) is 0 Å². The largest absolute Gasteiger partial charge is 0.386 e. The number of quaternary nitrogens is 1. The van der Waals surface area contributed by atoms with Gasteiger partial charge in [-0.05, 0) is 48.5 Å². The minimum atomic E-state index is -0.326. The van der Waals surface area contributed by atoms with Gasteiger partial charge in [-0.2, -0.15) is 0 Å². The van der Waals surface area contributed by atoms with Crippen LogP contribution in [0.1, 0.15) is 0 Å². The minimum Gasteiger partial charge on any atom is -0.386 e. The van der Waals surface area contributed by atoms with Crippen LogP contribution in [-0.2, 0) is 0 Å². The third kappa shape index (κ3) is 5.61. The summed E-state index contributed by atoms with van der Waals surface area (Å²) in [5.74, 6) is 0.488. The van der Waals surface area contributed by atoms with Crippen LogP contribution in [0.5, 0.6) is 0 Å². The first-order chi connectivity index (χ1) is 12.1. The summed E-state index contributed by atoms with van der Waals surface area (Å²) >= 11 is 7.54. The average molecular weight is 382 g/mol. The summed E-state index contributed by atoms with van der Waals surface area (Å²) in [6, 6.07) is 14.4. The van der Waals surface area contributed by atoms with Crippen LogP contribution < -0.4 is 9.80 Å². The van der Waals surface area contributed by atoms with Crippen molar-refractivity contribution in [3.05, 3.63) is 59.4 Å². The summed E-state index contributed by atoms with van der Waals surface area (Å²) in [5.41, 5.74) is 1.07. The van der Waals surface area contributed by atoms with E-state index in [0.29, 0.717) is 5.75 Å². The van der Waals surface area contributed by atoms with Gasteiger partial charge in [0, 0.05) is 21.4 Å². The summed E-state index contributed by atoms with van der Waals surface area (Å²) in [4.78, 5) is 4.82. The Morgan fingerprint density at radius 3 is 2.36 bits per heavy atom. The number of anilines is 1. The minimum absolute atomic E-state index is 0.200. The predicted molar refractivity (Wildman–Crippen MR) is 102 cm³/mol. The molecular formula is C19H23ClFN2OS+. The molecule has 0 aromatic heterocycles. The first kappa shape index (κ1) is 18.5. The van der Waals surface area contributed by atoms with E-state index >= 15 is 0 Å². The lowest BCUT2D eigenvalue weighted by Crippen LogP contribution is -3.15. The number of aliphatic hydroxyl groups excluding tert-OH is 1. The Bertz CT molecular complexity index is 660. The topological polar surface area (TPSA) is 27.9 Å². The van der Waals surface area contributed by atoms with E-state index in [1.807, 2.05) is 36.4 Å². The van der Waals surface area contributed by atoms with Gasteiger partial charge in [-0.3, -0.25) is 0 Å². The molecule has 0 unspecified atom stereocenters. The first-order valence-electron chi connectivity index (χ1n) is 8.50. The standard InChI is InChI=1S/C19H22ClFN2OS/c20-15-1-7-19(8-2-15)25-14-18(24)13-22-9-11-23(12-10-22)17-5-3-16(21)4-6-17/h1-8,18,24H,9-14H2/p+1/t18-/m0/s1. The highest BCUT2D eigenvalue weighted by atomic mass is 35.5. The molecule has 2 N–H and O–H groups in total. The molecule has 1 saturated heterocycles. The average Bonchev–Trinajstić information content (AvgIpc) is 2.63. The van der Waals surface area contributed by atoms with Crippen molar-refractivity contribution in [3.8, 4) is 0 Å². The maximum absolute atomic E-state index is 13.0. The van der Waals surface area contributed by atoms with Crippen molar-refractivity contribution in [3.63, 3.8) is 0 Å². The van der Waals surface area contributed by atoms with Crippen LogP contribution in [0.25, 0.3) is 0 Å². The van der Waals surface area contributed by atoms with Gasteiger partial charge in [-0.15, -0.1) is 11.8 Å². The lowest BCUT2D eigenvalue weighted by atomic mass is 10.2. The van der Waals surface area contributed by atoms with Gasteiger partial charge in [0.05, 0.1) is 26.2 Å². The molecule has 3 rings (SSSR count). The first-order valence-corrected chi connectivity index (χ1v) is 9.87. The zero-order valence-electron chi connectivity index (χ0n) is 14.0. The van der Waals surface area contributed by atoms with Crippen molar-refractivity contribution >= 4 is 29.1 Å². The van der Waals surface area contributed by atoms with Gasteiger partial charge >= 0.3 is 0 Å². The Morgan fingerprint density at radius 2 is 1.72 bits per heavy atom. The van der Waals surface area contributed by atoms with Crippen LogP contribution in [0, 0.1) is 5.82 Å². The molecule has 1 fully saturated rings. The van der Waals surface area contributed by atoms with Crippen molar-refractivity contribution in [2.45, 2.75) is 11.0 Å². The number of halogens is 2. The highest BCUT2D eigenvalue weighted by Gasteiger charge is 2.22. The summed E-state index contributed by atoms with van der Waals surface area (Å²) in [6.45, 7) is 4.59. The van der Waals surface area contributed by atoms with Gasteiger partial charge in [-0.25, -0.2) is 4.39 Å². The van der Waals surface area contributed by atoms with E-state index in [4.69, 9.17) is 11.6 Å². The molecule has 1 aliphatic rings. The molecule has 0 aliphatic carbocycles. The van der Waals surface area contributed by atoms with Crippen LogP contribution in [0.2, 0.25) is 5.02 Å². The van der Waals surface area contributed by atoms with Gasteiger partial charge in [0.2, 0.25) is 0 Å². The smallest absolute Gasteiger partial charge is 0.123 e. The van der Waals surface area contributed by atoms with Gasteiger partial charge in [-0.1, -0.05) is 11.6 Å². The second-order valence-corrected chi connectivity index (χ2v) is 7.87. The van der Waals surface area contributed by atoms with Gasteiger partial charge in [0.25, 0.3) is 0 Å². The maximum Gasteiger partial charge on any atom is 0.123 e. The van der Waals surface area contributed by atoms with Crippen molar-refractivity contribution in [2.75, 3.05) is 43.4 Å². The Hall–Kier alpha value is -1.27. The summed E-state index contributed by atoms with van der Waals surface area (Å²) in [5, 5.41) is 11.0. The van der Waals surface area contributed by atoms with Gasteiger partial charge in [0.1, 0.15) is 18.5 Å². The summed E-state index contributed by atoms with van der Waals surface area (Å²) < 4.78 is 13.0. The molecule has 134 valence electrons. The molecular weight excluding hydrogens is 359 g/mol. The zero-order chi connectivity index (χ0) is 17.6. The van der Waals surface area contributed by atoms with Crippen LogP contribution in [0.4, 0.5) is 10.1 Å². The van der Waals surface area contributed by atoms with Crippen LogP contribution in [0.3, 0.4) is 0 Å². The van der Waals surface area contributed by atoms with E-state index in [9.17, 15) is 9.50 Å². The molecule has 0 amide bonds. The maximum atomic E-state index is 13.0. The molecule has 2 aromatic carbocycles. The SMILES string of the molecule is O[C@H](CSc1ccc(Cl)cc1)C[NH+]1CCN(c2ccc(F)cc2)CC1. The van der Waals surface area contributed by atoms with E-state index in [0.717, 1.165) is 48.3 Å². The van der Waals surface area contributed by atoms with Crippen LogP contribution in [0.15, 0.2) is 53.4 Å². The summed E-state index contributed by atoms with van der Waals surface area (Å²) in [6.07, 6.45) is -0.326. The fourth-order valence-corrected chi connectivity index (χ4v) is 4.01. The third-order valence-corrected chi connectivity index (χ3v) is 5.85. The molecule has 1 aliphatic heterocycles. The van der Waals surface area contributed by atoms with Crippen LogP contribution in [-0.4, -0.2) is 49.7 Å². The second-order valence-electron chi connectivity index (χ2n) is 6.34. The fourth-order valence-electron chi connectivity index (χ4n) is 3.05. The number of nitrogens with one attached hydrogen (secondary N) is 1.